The van der Waals surface area contributed by atoms with Crippen molar-refractivity contribution in [2.24, 2.45) is 0 Å². The van der Waals surface area contributed by atoms with Crippen molar-refractivity contribution >= 4 is 22.9 Å². The smallest absolute Gasteiger partial charge is 0.162 e. The van der Waals surface area contributed by atoms with Gasteiger partial charge in [0.25, 0.3) is 0 Å². The highest BCUT2D eigenvalue weighted by molar-refractivity contribution is 7.09. The number of ether oxygens (including phenoxy) is 1. The number of thiazole rings is 1. The summed E-state index contributed by atoms with van der Waals surface area (Å²) in [5, 5.41) is 7.81. The summed E-state index contributed by atoms with van der Waals surface area (Å²) >= 11 is 7.50. The van der Waals surface area contributed by atoms with Gasteiger partial charge in [-0.1, -0.05) is 11.6 Å². The third-order valence-corrected chi connectivity index (χ3v) is 4.43. The fourth-order valence-electron chi connectivity index (χ4n) is 1.99. The highest BCUT2D eigenvalue weighted by atomic mass is 35.5. The number of aryl methyl sites for hydroxylation is 3. The minimum atomic E-state index is 0.355. The number of H-pyrrole nitrogens is 1. The molecule has 0 aliphatic heterocycles. The van der Waals surface area contributed by atoms with Gasteiger partial charge in [0.2, 0.25) is 0 Å². The lowest BCUT2D eigenvalue weighted by Gasteiger charge is -2.03. The first-order valence-electron chi connectivity index (χ1n) is 6.88. The lowest BCUT2D eigenvalue weighted by molar-refractivity contribution is 0.296. The average Bonchev–Trinajstić information content (AvgIpc) is 3.13. The molecular formula is C15H15ClN4OS. The Labute approximate surface area is 137 Å². The van der Waals surface area contributed by atoms with E-state index < -0.39 is 0 Å². The van der Waals surface area contributed by atoms with Crippen LogP contribution in [0, 0.1) is 6.92 Å². The molecule has 114 valence electrons. The van der Waals surface area contributed by atoms with Gasteiger partial charge >= 0.3 is 0 Å². The molecule has 1 N–H and O–H groups in total. The second-order valence-corrected chi connectivity index (χ2v) is 6.18. The Bertz CT molecular complexity index is 738. The van der Waals surface area contributed by atoms with Gasteiger partial charge in [0, 0.05) is 16.3 Å². The Morgan fingerprint density at radius 1 is 1.23 bits per heavy atom. The molecule has 2 aromatic heterocycles. The normalized spacial score (nSPS) is 10.8. The predicted molar refractivity (Wildman–Crippen MR) is 86.4 cm³/mol. The number of aromatic nitrogens is 4. The van der Waals surface area contributed by atoms with Gasteiger partial charge in [-0.25, -0.2) is 9.97 Å². The van der Waals surface area contributed by atoms with Crippen LogP contribution in [0.1, 0.15) is 22.2 Å². The highest BCUT2D eigenvalue weighted by Gasteiger charge is 2.07. The van der Waals surface area contributed by atoms with Gasteiger partial charge in [-0.15, -0.1) is 11.3 Å². The van der Waals surface area contributed by atoms with Gasteiger partial charge in [-0.3, -0.25) is 5.10 Å². The predicted octanol–water partition coefficient (Wildman–Crippen LogP) is 3.59. The third-order valence-electron chi connectivity index (χ3n) is 3.19. The lowest BCUT2D eigenvalue weighted by atomic mass is 10.2. The lowest BCUT2D eigenvalue weighted by Crippen LogP contribution is -1.98. The SMILES string of the molecule is Cc1ncsc1CCc1n[nH]c(COc2ccc(Cl)cc2)n1. The molecule has 7 heteroatoms. The number of hydrogen-bond donors (Lipinski definition) is 1. The Kier molecular flexibility index (Phi) is 4.70. The topological polar surface area (TPSA) is 63.7 Å². The van der Waals surface area contributed by atoms with Gasteiger partial charge in [0.05, 0.1) is 11.2 Å². The summed E-state index contributed by atoms with van der Waals surface area (Å²) in [4.78, 5) is 9.96. The molecule has 1 aromatic carbocycles. The summed E-state index contributed by atoms with van der Waals surface area (Å²) in [6.45, 7) is 2.38. The molecule has 0 fully saturated rings. The van der Waals surface area contributed by atoms with Crippen molar-refractivity contribution in [3.8, 4) is 5.75 Å². The molecule has 22 heavy (non-hydrogen) atoms. The van der Waals surface area contributed by atoms with Crippen LogP contribution < -0.4 is 4.74 Å². The number of nitrogens with one attached hydrogen (secondary N) is 1. The summed E-state index contributed by atoms with van der Waals surface area (Å²) in [7, 11) is 0. The van der Waals surface area contributed by atoms with Crippen LogP contribution in [0.25, 0.3) is 0 Å². The van der Waals surface area contributed by atoms with Crippen LogP contribution in [0.5, 0.6) is 5.75 Å². The van der Waals surface area contributed by atoms with Gasteiger partial charge in [0.15, 0.2) is 11.6 Å². The number of rotatable bonds is 6. The molecule has 0 saturated carbocycles. The molecule has 3 rings (SSSR count). The molecule has 0 aliphatic carbocycles. The maximum Gasteiger partial charge on any atom is 0.162 e. The molecule has 5 nitrogen and oxygen atoms in total. The molecule has 0 spiro atoms. The molecule has 0 saturated heterocycles. The van der Waals surface area contributed by atoms with E-state index in [9.17, 15) is 0 Å². The van der Waals surface area contributed by atoms with Crippen LogP contribution in [0.2, 0.25) is 5.02 Å². The summed E-state index contributed by atoms with van der Waals surface area (Å²) < 4.78 is 5.63. The molecule has 0 bridgehead atoms. The van der Waals surface area contributed by atoms with Crippen molar-refractivity contribution in [1.29, 1.82) is 0 Å². The zero-order chi connectivity index (χ0) is 15.4. The van der Waals surface area contributed by atoms with Crippen LogP contribution in [0.3, 0.4) is 0 Å². The molecule has 3 aromatic rings. The van der Waals surface area contributed by atoms with E-state index in [1.54, 1.807) is 23.5 Å². The van der Waals surface area contributed by atoms with E-state index in [-0.39, 0.29) is 0 Å². The molecule has 0 unspecified atom stereocenters. The molecule has 0 aliphatic rings. The van der Waals surface area contributed by atoms with E-state index in [0.717, 1.165) is 30.1 Å². The van der Waals surface area contributed by atoms with Crippen molar-refractivity contribution in [3.05, 3.63) is 57.0 Å². The van der Waals surface area contributed by atoms with E-state index in [0.29, 0.717) is 17.5 Å². The Hall–Kier alpha value is -1.92. The van der Waals surface area contributed by atoms with Crippen LogP contribution in [0.4, 0.5) is 0 Å². The third kappa shape index (κ3) is 3.84. The fourth-order valence-corrected chi connectivity index (χ4v) is 2.89. The Morgan fingerprint density at radius 3 is 2.77 bits per heavy atom. The summed E-state index contributed by atoms with van der Waals surface area (Å²) in [5.74, 6) is 2.26. The van der Waals surface area contributed by atoms with E-state index in [1.807, 2.05) is 24.6 Å². The molecule has 2 heterocycles. The van der Waals surface area contributed by atoms with Crippen LogP contribution in [0.15, 0.2) is 29.8 Å². The number of halogens is 1. The highest BCUT2D eigenvalue weighted by Crippen LogP contribution is 2.17. The molecule has 0 radical (unpaired) electrons. The van der Waals surface area contributed by atoms with Gasteiger partial charge in [0.1, 0.15) is 12.4 Å². The van der Waals surface area contributed by atoms with Crippen LogP contribution in [-0.2, 0) is 19.4 Å². The van der Waals surface area contributed by atoms with Crippen molar-refractivity contribution < 1.29 is 4.74 Å². The Balaban J connectivity index is 1.52. The van der Waals surface area contributed by atoms with Gasteiger partial charge < -0.3 is 4.74 Å². The monoisotopic (exact) mass is 334 g/mol. The first-order valence-corrected chi connectivity index (χ1v) is 8.14. The zero-order valence-corrected chi connectivity index (χ0v) is 13.6. The second-order valence-electron chi connectivity index (χ2n) is 4.80. The molecule has 0 amide bonds. The van der Waals surface area contributed by atoms with Crippen molar-refractivity contribution in [3.63, 3.8) is 0 Å². The standard InChI is InChI=1S/C15H15ClN4OS/c1-10-13(22-9-17-10)6-7-14-18-15(20-19-14)8-21-12-4-2-11(16)3-5-12/h2-5,9H,6-8H2,1H3,(H,18,19,20). The van der Waals surface area contributed by atoms with E-state index >= 15 is 0 Å². The van der Waals surface area contributed by atoms with Gasteiger partial charge in [-0.2, -0.15) is 5.10 Å². The fraction of sp³-hybridized carbons (Fsp3) is 0.267. The van der Waals surface area contributed by atoms with Crippen LogP contribution >= 0.6 is 22.9 Å². The molecular weight excluding hydrogens is 320 g/mol. The van der Waals surface area contributed by atoms with Crippen molar-refractivity contribution in [2.75, 3.05) is 0 Å². The minimum Gasteiger partial charge on any atom is -0.486 e. The average molecular weight is 335 g/mol. The minimum absolute atomic E-state index is 0.355. The zero-order valence-electron chi connectivity index (χ0n) is 12.0. The largest absolute Gasteiger partial charge is 0.486 e. The first kappa shape index (κ1) is 15.0. The van der Waals surface area contributed by atoms with Crippen molar-refractivity contribution in [1.82, 2.24) is 20.2 Å². The quantitative estimate of drug-likeness (QED) is 0.748. The summed E-state index contributed by atoms with van der Waals surface area (Å²) in [6.07, 6.45) is 1.70. The van der Waals surface area contributed by atoms with E-state index in [4.69, 9.17) is 16.3 Å². The van der Waals surface area contributed by atoms with Crippen LogP contribution in [-0.4, -0.2) is 20.2 Å². The number of hydrogen-bond acceptors (Lipinski definition) is 5. The maximum absolute atomic E-state index is 5.83. The van der Waals surface area contributed by atoms with Crippen molar-refractivity contribution in [2.45, 2.75) is 26.4 Å². The second kappa shape index (κ2) is 6.89. The molecule has 0 atom stereocenters. The Morgan fingerprint density at radius 2 is 2.05 bits per heavy atom. The van der Waals surface area contributed by atoms with E-state index in [2.05, 4.69) is 20.2 Å². The number of nitrogens with zero attached hydrogens (tertiary/aromatic N) is 3. The maximum atomic E-state index is 5.83. The van der Waals surface area contributed by atoms with Gasteiger partial charge in [-0.05, 0) is 37.6 Å². The first-order chi connectivity index (χ1) is 10.7. The summed E-state index contributed by atoms with van der Waals surface area (Å²) in [6, 6.07) is 7.23. The summed E-state index contributed by atoms with van der Waals surface area (Å²) in [5.41, 5.74) is 2.96. The van der Waals surface area contributed by atoms with E-state index in [1.165, 1.54) is 4.88 Å². The number of benzene rings is 1. The number of aromatic amines is 1.